The number of carboxylic acids is 1. The van der Waals surface area contributed by atoms with Crippen molar-refractivity contribution in [1.82, 2.24) is 19.7 Å². The minimum Gasteiger partial charge on any atom is -0.480 e. The van der Waals surface area contributed by atoms with Crippen LogP contribution >= 0.6 is 0 Å². The second kappa shape index (κ2) is 9.25. The molecule has 2 atom stereocenters. The lowest BCUT2D eigenvalue weighted by Crippen LogP contribution is -2.32. The lowest BCUT2D eigenvalue weighted by atomic mass is 9.95. The van der Waals surface area contributed by atoms with E-state index < -0.39 is 12.0 Å². The second-order valence-corrected chi connectivity index (χ2v) is 9.03. The van der Waals surface area contributed by atoms with Crippen LogP contribution < -0.4 is 0 Å². The molecule has 166 valence electrons. The Morgan fingerprint density at radius 2 is 1.94 bits per heavy atom. The van der Waals surface area contributed by atoms with E-state index in [4.69, 9.17) is 4.98 Å². The SMILES string of the molecule is O=C(O)[C@H](c1ccccc1)N1CC[C@@H](n2cc(CCc3ccc4c(n3)CCCC4)cn2)C1. The molecule has 0 unspecified atom stereocenters. The Hall–Kier alpha value is -2.99. The van der Waals surface area contributed by atoms with Crippen molar-refractivity contribution in [2.24, 2.45) is 0 Å². The van der Waals surface area contributed by atoms with Gasteiger partial charge in [-0.15, -0.1) is 0 Å². The normalized spacial score (nSPS) is 19.6. The van der Waals surface area contributed by atoms with Gasteiger partial charge in [0.05, 0.1) is 12.2 Å². The number of hydrogen-bond acceptors (Lipinski definition) is 4. The zero-order chi connectivity index (χ0) is 21.9. The van der Waals surface area contributed by atoms with E-state index in [2.05, 4.69) is 28.3 Å². The van der Waals surface area contributed by atoms with Gasteiger partial charge in [0.25, 0.3) is 0 Å². The predicted octanol–water partition coefficient (Wildman–Crippen LogP) is 4.01. The Labute approximate surface area is 188 Å². The lowest BCUT2D eigenvalue weighted by Gasteiger charge is -2.24. The van der Waals surface area contributed by atoms with Crippen LogP contribution in [0.1, 0.15) is 59.4 Å². The van der Waals surface area contributed by atoms with E-state index >= 15 is 0 Å². The number of fused-ring (bicyclic) bond motifs is 1. The summed E-state index contributed by atoms with van der Waals surface area (Å²) in [5.74, 6) is -0.796. The van der Waals surface area contributed by atoms with Gasteiger partial charge in [0.2, 0.25) is 0 Å². The van der Waals surface area contributed by atoms with Gasteiger partial charge in [-0.2, -0.15) is 5.10 Å². The molecule has 0 spiro atoms. The molecule has 1 aromatic carbocycles. The summed E-state index contributed by atoms with van der Waals surface area (Å²) >= 11 is 0. The summed E-state index contributed by atoms with van der Waals surface area (Å²) in [5, 5.41) is 14.4. The molecule has 32 heavy (non-hydrogen) atoms. The maximum atomic E-state index is 12.0. The third-order valence-electron chi connectivity index (χ3n) is 6.84. The van der Waals surface area contributed by atoms with Crippen LogP contribution in [0.15, 0.2) is 54.9 Å². The Bertz CT molecular complexity index is 1080. The molecule has 1 N–H and O–H groups in total. The number of pyridine rings is 1. The van der Waals surface area contributed by atoms with E-state index in [1.807, 2.05) is 41.2 Å². The number of benzene rings is 1. The first-order valence-electron chi connectivity index (χ1n) is 11.7. The number of nitrogens with zero attached hydrogens (tertiary/aromatic N) is 4. The Balaban J connectivity index is 1.21. The van der Waals surface area contributed by atoms with Gasteiger partial charge in [0, 0.05) is 30.7 Å². The third-order valence-corrected chi connectivity index (χ3v) is 6.84. The molecular weight excluding hydrogens is 400 g/mol. The number of rotatable bonds is 7. The Morgan fingerprint density at radius 1 is 1.09 bits per heavy atom. The van der Waals surface area contributed by atoms with E-state index in [9.17, 15) is 9.90 Å². The van der Waals surface area contributed by atoms with Crippen molar-refractivity contribution in [2.45, 2.75) is 57.0 Å². The highest BCUT2D eigenvalue weighted by Gasteiger charge is 2.34. The molecule has 0 amide bonds. The number of aryl methyl sites for hydroxylation is 4. The summed E-state index contributed by atoms with van der Waals surface area (Å²) in [4.78, 5) is 18.9. The van der Waals surface area contributed by atoms with Crippen LogP contribution in [0.25, 0.3) is 0 Å². The van der Waals surface area contributed by atoms with Gasteiger partial charge in [-0.3, -0.25) is 19.4 Å². The first-order chi connectivity index (χ1) is 15.7. The van der Waals surface area contributed by atoms with Crippen molar-refractivity contribution in [3.63, 3.8) is 0 Å². The van der Waals surface area contributed by atoms with Crippen molar-refractivity contribution >= 4 is 5.97 Å². The molecule has 0 saturated carbocycles. The van der Waals surface area contributed by atoms with Gasteiger partial charge in [-0.05, 0) is 67.7 Å². The predicted molar refractivity (Wildman–Crippen MR) is 123 cm³/mol. The summed E-state index contributed by atoms with van der Waals surface area (Å²) in [5.41, 5.74) is 5.92. The topological polar surface area (TPSA) is 71.2 Å². The van der Waals surface area contributed by atoms with E-state index in [-0.39, 0.29) is 6.04 Å². The average Bonchev–Trinajstić information content (AvgIpc) is 3.48. The van der Waals surface area contributed by atoms with Crippen LogP contribution in [0.5, 0.6) is 0 Å². The van der Waals surface area contributed by atoms with Gasteiger partial charge in [0.1, 0.15) is 6.04 Å². The average molecular weight is 431 g/mol. The highest BCUT2D eigenvalue weighted by Crippen LogP contribution is 2.30. The minimum atomic E-state index is -0.796. The van der Waals surface area contributed by atoms with Gasteiger partial charge >= 0.3 is 5.97 Å². The van der Waals surface area contributed by atoms with Crippen molar-refractivity contribution in [3.05, 3.63) is 82.9 Å². The fourth-order valence-corrected chi connectivity index (χ4v) is 5.11. The summed E-state index contributed by atoms with van der Waals surface area (Å²) in [6, 6.07) is 13.5. The zero-order valence-corrected chi connectivity index (χ0v) is 18.4. The molecule has 1 aliphatic carbocycles. The van der Waals surface area contributed by atoms with Gasteiger partial charge in [-0.1, -0.05) is 36.4 Å². The monoisotopic (exact) mass is 430 g/mol. The van der Waals surface area contributed by atoms with E-state index in [0.717, 1.165) is 43.5 Å². The quantitative estimate of drug-likeness (QED) is 0.613. The summed E-state index contributed by atoms with van der Waals surface area (Å²) in [6.45, 7) is 1.45. The van der Waals surface area contributed by atoms with E-state index in [0.29, 0.717) is 6.54 Å². The Kier molecular flexibility index (Phi) is 6.04. The smallest absolute Gasteiger partial charge is 0.325 e. The molecule has 5 rings (SSSR count). The van der Waals surface area contributed by atoms with E-state index in [1.165, 1.54) is 36.1 Å². The number of carboxylic acid groups (broad SMARTS) is 1. The fraction of sp³-hybridized carbons (Fsp3) is 0.423. The highest BCUT2D eigenvalue weighted by molar-refractivity contribution is 5.75. The maximum absolute atomic E-state index is 12.0. The number of likely N-dealkylation sites (tertiary alicyclic amines) is 1. The molecule has 3 aromatic rings. The molecule has 6 nitrogen and oxygen atoms in total. The van der Waals surface area contributed by atoms with Crippen LogP contribution in [0, 0.1) is 0 Å². The van der Waals surface area contributed by atoms with Crippen molar-refractivity contribution in [1.29, 1.82) is 0 Å². The molecule has 0 radical (unpaired) electrons. The van der Waals surface area contributed by atoms with Crippen molar-refractivity contribution < 1.29 is 9.90 Å². The van der Waals surface area contributed by atoms with E-state index in [1.54, 1.807) is 0 Å². The number of hydrogen-bond donors (Lipinski definition) is 1. The van der Waals surface area contributed by atoms with Crippen LogP contribution in [0.4, 0.5) is 0 Å². The van der Waals surface area contributed by atoms with Gasteiger partial charge in [0.15, 0.2) is 0 Å². The van der Waals surface area contributed by atoms with Crippen molar-refractivity contribution in [2.75, 3.05) is 13.1 Å². The molecular formula is C26H30N4O2. The summed E-state index contributed by atoms with van der Waals surface area (Å²) in [6.07, 6.45) is 11.6. The molecule has 6 heteroatoms. The molecule has 0 bridgehead atoms. The number of aromatic nitrogens is 3. The Morgan fingerprint density at radius 3 is 2.78 bits per heavy atom. The largest absolute Gasteiger partial charge is 0.480 e. The summed E-state index contributed by atoms with van der Waals surface area (Å²) in [7, 11) is 0. The first-order valence-corrected chi connectivity index (χ1v) is 11.7. The maximum Gasteiger partial charge on any atom is 0.325 e. The molecule has 2 aromatic heterocycles. The lowest BCUT2D eigenvalue weighted by molar-refractivity contribution is -0.143. The summed E-state index contributed by atoms with van der Waals surface area (Å²) < 4.78 is 2.03. The zero-order valence-electron chi connectivity index (χ0n) is 18.4. The standard InChI is InChI=1S/C26H30N4O2/c31-26(32)25(21-7-2-1-3-8-21)29-15-14-23(18-29)30-17-19(16-27-30)10-12-22-13-11-20-6-4-5-9-24(20)28-22/h1-3,7-8,11,13,16-17,23,25H,4-6,9-10,12,14-15,18H2,(H,31,32)/t23-,25+/m1/s1. The molecule has 1 aliphatic heterocycles. The van der Waals surface area contributed by atoms with Crippen LogP contribution in [-0.2, 0) is 30.5 Å². The van der Waals surface area contributed by atoms with Crippen LogP contribution in [0.2, 0.25) is 0 Å². The van der Waals surface area contributed by atoms with Gasteiger partial charge in [-0.25, -0.2) is 0 Å². The highest BCUT2D eigenvalue weighted by atomic mass is 16.4. The van der Waals surface area contributed by atoms with Crippen LogP contribution in [-0.4, -0.2) is 43.8 Å². The minimum absolute atomic E-state index is 0.205. The molecule has 2 aliphatic rings. The molecule has 3 heterocycles. The fourth-order valence-electron chi connectivity index (χ4n) is 5.11. The van der Waals surface area contributed by atoms with Crippen LogP contribution in [0.3, 0.4) is 0 Å². The second-order valence-electron chi connectivity index (χ2n) is 9.03. The number of aliphatic carboxylic acids is 1. The number of carbonyl (C=O) groups is 1. The third kappa shape index (κ3) is 4.46. The molecule has 1 fully saturated rings. The molecule has 1 saturated heterocycles. The first kappa shape index (κ1) is 20.9. The van der Waals surface area contributed by atoms with Gasteiger partial charge < -0.3 is 5.11 Å². The van der Waals surface area contributed by atoms with Crippen molar-refractivity contribution in [3.8, 4) is 0 Å².